The van der Waals surface area contributed by atoms with Crippen LogP contribution in [0, 0.1) is 0 Å². The van der Waals surface area contributed by atoms with Crippen molar-refractivity contribution in [2.24, 2.45) is 0 Å². The van der Waals surface area contributed by atoms with E-state index < -0.39 is 16.0 Å². The van der Waals surface area contributed by atoms with E-state index in [0.29, 0.717) is 0 Å². The Labute approximate surface area is 87.1 Å². The van der Waals surface area contributed by atoms with E-state index >= 15 is 0 Å². The zero-order valence-electron chi connectivity index (χ0n) is 8.23. The van der Waals surface area contributed by atoms with Crippen LogP contribution in [0.1, 0.15) is 5.56 Å². The molecule has 0 aliphatic carbocycles. The maximum Gasteiger partial charge on any atom is 0.306 e. The largest absolute Gasteiger partial charge is 0.495 e. The van der Waals surface area contributed by atoms with Crippen LogP contribution in [0.25, 0.3) is 0 Å². The molecule has 0 spiro atoms. The van der Waals surface area contributed by atoms with Crippen LogP contribution in [0.4, 0.5) is 3.89 Å². The third-order valence-electron chi connectivity index (χ3n) is 1.74. The van der Waals surface area contributed by atoms with Gasteiger partial charge in [0, 0.05) is 0 Å². The molecule has 1 rings (SSSR count). The van der Waals surface area contributed by atoms with Crippen LogP contribution in [0.3, 0.4) is 0 Å². The molecule has 0 aliphatic rings. The van der Waals surface area contributed by atoms with Crippen molar-refractivity contribution in [3.63, 3.8) is 0 Å². The molecular weight excluding hydrogens is 225 g/mol. The smallest absolute Gasteiger partial charge is 0.306 e. The van der Waals surface area contributed by atoms with Gasteiger partial charge in [-0.05, 0) is 0 Å². The minimum atomic E-state index is -4.63. The first-order chi connectivity index (χ1) is 6.98. The molecule has 0 saturated carbocycles. The standard InChI is InChI=1S/C8H10FNO4S/c1-13-7-3-10-4-8(14-2)6(7)5-15(9,11)12/h3-4H,5H2,1-2H3. The normalized spacial score (nSPS) is 11.1. The van der Waals surface area contributed by atoms with Gasteiger partial charge in [0.2, 0.25) is 0 Å². The number of nitrogens with zero attached hydrogens (tertiary/aromatic N) is 1. The van der Waals surface area contributed by atoms with Crippen molar-refractivity contribution in [2.75, 3.05) is 14.2 Å². The number of rotatable bonds is 4. The van der Waals surface area contributed by atoms with Gasteiger partial charge in [-0.25, -0.2) is 0 Å². The lowest BCUT2D eigenvalue weighted by Crippen LogP contribution is -2.02. The molecule has 0 bridgehead atoms. The van der Waals surface area contributed by atoms with Gasteiger partial charge in [-0.2, -0.15) is 8.42 Å². The Kier molecular flexibility index (Phi) is 3.46. The molecule has 15 heavy (non-hydrogen) atoms. The Balaban J connectivity index is 3.22. The Morgan fingerprint density at radius 1 is 1.27 bits per heavy atom. The quantitative estimate of drug-likeness (QED) is 0.725. The molecule has 1 heterocycles. The molecule has 0 aliphatic heterocycles. The third-order valence-corrected chi connectivity index (χ3v) is 2.37. The Hall–Kier alpha value is -1.37. The zero-order valence-corrected chi connectivity index (χ0v) is 9.04. The predicted octanol–water partition coefficient (Wildman–Crippen LogP) is 0.898. The van der Waals surface area contributed by atoms with Crippen molar-refractivity contribution < 1.29 is 21.8 Å². The van der Waals surface area contributed by atoms with Gasteiger partial charge >= 0.3 is 10.2 Å². The van der Waals surface area contributed by atoms with Crippen molar-refractivity contribution in [1.29, 1.82) is 0 Å². The van der Waals surface area contributed by atoms with Gasteiger partial charge in [-0.1, -0.05) is 0 Å². The molecule has 7 heteroatoms. The minimum absolute atomic E-state index is 0.123. The number of pyridine rings is 1. The van der Waals surface area contributed by atoms with Crippen LogP contribution >= 0.6 is 0 Å². The van der Waals surface area contributed by atoms with E-state index in [0.717, 1.165) is 0 Å². The monoisotopic (exact) mass is 235 g/mol. The molecular formula is C8H10FNO4S. The SMILES string of the molecule is COc1cncc(OC)c1CS(=O)(=O)F. The summed E-state index contributed by atoms with van der Waals surface area (Å²) in [6.07, 6.45) is 2.59. The highest BCUT2D eigenvalue weighted by molar-refractivity contribution is 7.85. The maximum atomic E-state index is 12.5. The summed E-state index contributed by atoms with van der Waals surface area (Å²) in [4.78, 5) is 3.75. The predicted molar refractivity (Wildman–Crippen MR) is 51.1 cm³/mol. The highest BCUT2D eigenvalue weighted by atomic mass is 32.3. The van der Waals surface area contributed by atoms with Gasteiger partial charge in [-0.15, -0.1) is 3.89 Å². The van der Waals surface area contributed by atoms with Gasteiger partial charge in [0.25, 0.3) is 0 Å². The number of methoxy groups -OCH3 is 2. The lowest BCUT2D eigenvalue weighted by molar-refractivity contribution is 0.383. The fourth-order valence-corrected chi connectivity index (χ4v) is 1.75. The van der Waals surface area contributed by atoms with Crippen molar-refractivity contribution in [2.45, 2.75) is 5.75 Å². The van der Waals surface area contributed by atoms with E-state index in [2.05, 4.69) is 4.98 Å². The number of halogens is 1. The van der Waals surface area contributed by atoms with E-state index in [1.165, 1.54) is 26.6 Å². The second-order valence-corrected chi connectivity index (χ2v) is 4.07. The van der Waals surface area contributed by atoms with Gasteiger partial charge in [0.15, 0.2) is 0 Å². The van der Waals surface area contributed by atoms with Gasteiger partial charge in [0.05, 0.1) is 32.2 Å². The van der Waals surface area contributed by atoms with Gasteiger partial charge < -0.3 is 9.47 Å². The van der Waals surface area contributed by atoms with Gasteiger partial charge in [0.1, 0.15) is 17.3 Å². The Bertz CT molecular complexity index is 424. The van der Waals surface area contributed by atoms with E-state index in [9.17, 15) is 12.3 Å². The lowest BCUT2D eigenvalue weighted by atomic mass is 10.2. The molecule has 0 N–H and O–H groups in total. The van der Waals surface area contributed by atoms with Gasteiger partial charge in [-0.3, -0.25) is 4.98 Å². The minimum Gasteiger partial charge on any atom is -0.495 e. The Morgan fingerprint density at radius 2 is 1.73 bits per heavy atom. The van der Waals surface area contributed by atoms with Crippen LogP contribution in [0.2, 0.25) is 0 Å². The van der Waals surface area contributed by atoms with E-state index in [1.807, 2.05) is 0 Å². The number of ether oxygens (including phenoxy) is 2. The summed E-state index contributed by atoms with van der Waals surface area (Å²) < 4.78 is 43.3. The molecule has 1 aromatic heterocycles. The summed E-state index contributed by atoms with van der Waals surface area (Å²) in [6.45, 7) is 0. The van der Waals surface area contributed by atoms with E-state index in [4.69, 9.17) is 9.47 Å². The van der Waals surface area contributed by atoms with Crippen LogP contribution in [0.5, 0.6) is 11.5 Å². The third kappa shape index (κ3) is 3.05. The highest BCUT2D eigenvalue weighted by Crippen LogP contribution is 2.28. The zero-order chi connectivity index (χ0) is 11.5. The first-order valence-electron chi connectivity index (χ1n) is 3.95. The fourth-order valence-electron chi connectivity index (χ4n) is 1.12. The van der Waals surface area contributed by atoms with Crippen LogP contribution in [-0.2, 0) is 16.0 Å². The first-order valence-corrected chi connectivity index (χ1v) is 5.50. The van der Waals surface area contributed by atoms with Crippen LogP contribution in [-0.4, -0.2) is 27.6 Å². The molecule has 0 aromatic carbocycles. The summed E-state index contributed by atoms with van der Waals surface area (Å²) in [5.41, 5.74) is 0.123. The summed E-state index contributed by atoms with van der Waals surface area (Å²) in [5.74, 6) is -0.437. The number of hydrogen-bond donors (Lipinski definition) is 0. The molecule has 0 atom stereocenters. The first kappa shape index (κ1) is 11.7. The molecule has 1 aromatic rings. The van der Waals surface area contributed by atoms with Crippen LogP contribution < -0.4 is 9.47 Å². The highest BCUT2D eigenvalue weighted by Gasteiger charge is 2.18. The molecule has 84 valence electrons. The second-order valence-electron chi connectivity index (χ2n) is 2.71. The molecule has 0 saturated heterocycles. The maximum absolute atomic E-state index is 12.5. The lowest BCUT2D eigenvalue weighted by Gasteiger charge is -2.09. The summed E-state index contributed by atoms with van der Waals surface area (Å²) >= 11 is 0. The molecule has 0 radical (unpaired) electrons. The molecule has 0 unspecified atom stereocenters. The number of hydrogen-bond acceptors (Lipinski definition) is 5. The summed E-state index contributed by atoms with van der Waals surface area (Å²) in [5, 5.41) is 0. The molecule has 0 fully saturated rings. The average molecular weight is 235 g/mol. The van der Waals surface area contributed by atoms with Crippen molar-refractivity contribution in [3.8, 4) is 11.5 Å². The Morgan fingerprint density at radius 3 is 2.07 bits per heavy atom. The topological polar surface area (TPSA) is 65.5 Å². The summed E-state index contributed by atoms with van der Waals surface area (Å²) in [7, 11) is -1.95. The summed E-state index contributed by atoms with van der Waals surface area (Å²) in [6, 6.07) is 0. The number of aromatic nitrogens is 1. The van der Waals surface area contributed by atoms with Crippen molar-refractivity contribution >= 4 is 10.2 Å². The average Bonchev–Trinajstić information content (AvgIpc) is 2.16. The molecule has 5 nitrogen and oxygen atoms in total. The second kappa shape index (κ2) is 4.43. The van der Waals surface area contributed by atoms with E-state index in [1.54, 1.807) is 0 Å². The van der Waals surface area contributed by atoms with Crippen molar-refractivity contribution in [3.05, 3.63) is 18.0 Å². The van der Waals surface area contributed by atoms with Crippen molar-refractivity contribution in [1.82, 2.24) is 4.98 Å². The van der Waals surface area contributed by atoms with E-state index in [-0.39, 0.29) is 17.1 Å². The fraction of sp³-hybridized carbons (Fsp3) is 0.375. The van der Waals surface area contributed by atoms with Crippen LogP contribution in [0.15, 0.2) is 12.4 Å². The molecule has 0 amide bonds.